The third-order valence-electron chi connectivity index (χ3n) is 4.22. The number of nitrogens with one attached hydrogen (secondary N) is 1. The first-order chi connectivity index (χ1) is 10.4. The van der Waals surface area contributed by atoms with Crippen molar-refractivity contribution < 1.29 is 13.6 Å². The smallest absolute Gasteiger partial charge is 0.243 e. The normalized spacial score (nSPS) is 17.1. The first-order valence-electron chi connectivity index (χ1n) is 7.20. The van der Waals surface area contributed by atoms with Crippen LogP contribution in [-0.2, 0) is 10.3 Å². The Labute approximate surface area is 127 Å². The highest BCUT2D eigenvalue weighted by molar-refractivity contribution is 5.81. The molecule has 1 amide bonds. The molecule has 1 aromatic carbocycles. The van der Waals surface area contributed by atoms with Crippen molar-refractivity contribution in [3.8, 4) is 0 Å². The molecule has 1 fully saturated rings. The molecule has 22 heavy (non-hydrogen) atoms. The van der Waals surface area contributed by atoms with E-state index in [9.17, 15) is 13.6 Å². The third-order valence-corrected chi connectivity index (χ3v) is 4.22. The highest BCUT2D eigenvalue weighted by Crippen LogP contribution is 2.46. The van der Waals surface area contributed by atoms with Crippen LogP contribution in [0.2, 0.25) is 0 Å². The molecule has 0 aliphatic heterocycles. The highest BCUT2D eigenvalue weighted by atomic mass is 19.1. The van der Waals surface area contributed by atoms with E-state index < -0.39 is 23.2 Å². The fourth-order valence-electron chi connectivity index (χ4n) is 2.71. The van der Waals surface area contributed by atoms with Crippen molar-refractivity contribution in [2.75, 3.05) is 0 Å². The highest BCUT2D eigenvalue weighted by Gasteiger charge is 2.48. The summed E-state index contributed by atoms with van der Waals surface area (Å²) in [5, 5.41) is 2.87. The van der Waals surface area contributed by atoms with Crippen LogP contribution in [0.15, 0.2) is 30.6 Å². The zero-order valence-electron chi connectivity index (χ0n) is 12.4. The van der Waals surface area contributed by atoms with Gasteiger partial charge in [0, 0.05) is 18.0 Å². The van der Waals surface area contributed by atoms with Crippen LogP contribution in [0.25, 0.3) is 0 Å². The van der Waals surface area contributed by atoms with Gasteiger partial charge in [-0.2, -0.15) is 0 Å². The van der Waals surface area contributed by atoms with E-state index in [-0.39, 0.29) is 11.5 Å². The van der Waals surface area contributed by atoms with Gasteiger partial charge in [-0.1, -0.05) is 0 Å². The molecule has 2 aromatic rings. The maximum atomic E-state index is 14.0. The maximum Gasteiger partial charge on any atom is 0.243 e. The van der Waals surface area contributed by atoms with E-state index in [0.717, 1.165) is 24.0 Å². The van der Waals surface area contributed by atoms with Gasteiger partial charge < -0.3 is 9.88 Å². The fourth-order valence-corrected chi connectivity index (χ4v) is 2.71. The molecule has 1 atom stereocenters. The Kier molecular flexibility index (Phi) is 3.47. The maximum absolute atomic E-state index is 14.0. The zero-order chi connectivity index (χ0) is 15.9. The lowest BCUT2D eigenvalue weighted by Crippen LogP contribution is -2.39. The number of carbonyl (C=O) groups excluding carboxylic acids is 1. The van der Waals surface area contributed by atoms with Crippen molar-refractivity contribution in [1.29, 1.82) is 0 Å². The second-order valence-corrected chi connectivity index (χ2v) is 5.75. The van der Waals surface area contributed by atoms with Crippen molar-refractivity contribution in [3.63, 3.8) is 0 Å². The summed E-state index contributed by atoms with van der Waals surface area (Å²) in [5.74, 6) is -0.507. The first-order valence-corrected chi connectivity index (χ1v) is 7.20. The molecule has 116 valence electrons. The summed E-state index contributed by atoms with van der Waals surface area (Å²) in [4.78, 5) is 16.5. The number of carbonyl (C=O) groups is 1. The van der Waals surface area contributed by atoms with Crippen LogP contribution in [-0.4, -0.2) is 15.5 Å². The molecule has 1 saturated carbocycles. The molecule has 0 bridgehead atoms. The van der Waals surface area contributed by atoms with Crippen molar-refractivity contribution in [1.82, 2.24) is 14.9 Å². The number of hydrogen-bond donors (Lipinski definition) is 1. The van der Waals surface area contributed by atoms with Gasteiger partial charge in [0.25, 0.3) is 0 Å². The second kappa shape index (κ2) is 5.19. The molecule has 0 radical (unpaired) electrons. The van der Waals surface area contributed by atoms with Gasteiger partial charge in [-0.15, -0.1) is 0 Å². The summed E-state index contributed by atoms with van der Waals surface area (Å²) >= 11 is 0. The lowest BCUT2D eigenvalue weighted by atomic mass is 10.0. The molecule has 1 aliphatic carbocycles. The van der Waals surface area contributed by atoms with E-state index in [4.69, 9.17) is 0 Å². The lowest BCUT2D eigenvalue weighted by molar-refractivity contribution is -0.125. The summed E-state index contributed by atoms with van der Waals surface area (Å²) in [6.45, 7) is 3.56. The van der Waals surface area contributed by atoms with Crippen LogP contribution >= 0.6 is 0 Å². The van der Waals surface area contributed by atoms with Crippen molar-refractivity contribution >= 4 is 5.91 Å². The molecule has 1 aliphatic rings. The number of aromatic nitrogens is 2. The molecule has 4 nitrogen and oxygen atoms in total. The Balaban J connectivity index is 1.82. The van der Waals surface area contributed by atoms with Gasteiger partial charge in [0.15, 0.2) is 0 Å². The molecule has 1 heterocycles. The van der Waals surface area contributed by atoms with Crippen LogP contribution in [0.4, 0.5) is 8.78 Å². The van der Waals surface area contributed by atoms with Crippen LogP contribution < -0.4 is 5.32 Å². The number of imidazole rings is 1. The van der Waals surface area contributed by atoms with Crippen LogP contribution in [0.1, 0.15) is 37.2 Å². The van der Waals surface area contributed by atoms with E-state index >= 15 is 0 Å². The summed E-state index contributed by atoms with van der Waals surface area (Å²) in [5.41, 5.74) is -0.568. The number of aryl methyl sites for hydroxylation is 1. The quantitative estimate of drug-likeness (QED) is 0.944. The van der Waals surface area contributed by atoms with Gasteiger partial charge in [-0.3, -0.25) is 4.79 Å². The molecular formula is C16H17F2N3O. The standard InChI is InChI=1S/C16H17F2N3O/c1-10(21-8-7-19-11(21)2)15(22)20-16(5-6-16)13-9-12(17)3-4-14(13)18/h3-4,7-10H,5-6H2,1-2H3,(H,20,22)/t10-/m1/s1. The minimum absolute atomic E-state index is 0.218. The van der Waals surface area contributed by atoms with E-state index in [1.54, 1.807) is 23.9 Å². The number of amides is 1. The Morgan fingerprint density at radius 3 is 2.73 bits per heavy atom. The molecule has 1 N–H and O–H groups in total. The summed E-state index contributed by atoms with van der Waals surface area (Å²) in [6, 6.07) is 2.88. The molecule has 3 rings (SSSR count). The molecule has 0 unspecified atom stereocenters. The Morgan fingerprint density at radius 2 is 2.14 bits per heavy atom. The van der Waals surface area contributed by atoms with Gasteiger partial charge >= 0.3 is 0 Å². The Morgan fingerprint density at radius 1 is 1.41 bits per heavy atom. The molecule has 6 heteroatoms. The van der Waals surface area contributed by atoms with E-state index in [0.29, 0.717) is 12.8 Å². The van der Waals surface area contributed by atoms with Crippen molar-refractivity contribution in [2.45, 2.75) is 38.3 Å². The average Bonchev–Trinajstić information content (AvgIpc) is 3.13. The number of halogens is 2. The summed E-state index contributed by atoms with van der Waals surface area (Å²) < 4.78 is 29.1. The monoisotopic (exact) mass is 305 g/mol. The zero-order valence-corrected chi connectivity index (χ0v) is 12.4. The second-order valence-electron chi connectivity index (χ2n) is 5.75. The topological polar surface area (TPSA) is 46.9 Å². The van der Waals surface area contributed by atoms with Crippen LogP contribution in [0.3, 0.4) is 0 Å². The van der Waals surface area contributed by atoms with Gasteiger partial charge in [0.2, 0.25) is 5.91 Å². The molecule has 0 saturated heterocycles. The number of hydrogen-bond acceptors (Lipinski definition) is 2. The van der Waals surface area contributed by atoms with E-state index in [1.165, 1.54) is 0 Å². The lowest BCUT2D eigenvalue weighted by Gasteiger charge is -2.22. The third kappa shape index (κ3) is 2.49. The van der Waals surface area contributed by atoms with E-state index in [1.807, 2.05) is 6.92 Å². The molecule has 0 spiro atoms. The Bertz CT molecular complexity index is 722. The van der Waals surface area contributed by atoms with E-state index in [2.05, 4.69) is 10.3 Å². The van der Waals surface area contributed by atoms with Gasteiger partial charge in [-0.25, -0.2) is 13.8 Å². The SMILES string of the molecule is Cc1nccn1[C@H](C)C(=O)NC1(c2cc(F)ccc2F)CC1. The van der Waals surface area contributed by atoms with Gasteiger partial charge in [-0.05, 0) is 44.9 Å². The van der Waals surface area contributed by atoms with Crippen molar-refractivity contribution in [2.24, 2.45) is 0 Å². The van der Waals surface area contributed by atoms with Gasteiger partial charge in [0.05, 0.1) is 5.54 Å². The van der Waals surface area contributed by atoms with Crippen LogP contribution in [0.5, 0.6) is 0 Å². The summed E-state index contributed by atoms with van der Waals surface area (Å²) in [6.07, 6.45) is 4.56. The number of benzene rings is 1. The first kappa shape index (κ1) is 14.7. The predicted octanol–water partition coefficient (Wildman–Crippen LogP) is 2.84. The summed E-state index contributed by atoms with van der Waals surface area (Å²) in [7, 11) is 0. The fraction of sp³-hybridized carbons (Fsp3) is 0.375. The van der Waals surface area contributed by atoms with Crippen molar-refractivity contribution in [3.05, 3.63) is 53.6 Å². The number of nitrogens with zero attached hydrogens (tertiary/aromatic N) is 2. The number of rotatable bonds is 4. The van der Waals surface area contributed by atoms with Crippen LogP contribution in [0, 0.1) is 18.6 Å². The minimum atomic E-state index is -0.786. The largest absolute Gasteiger partial charge is 0.345 e. The predicted molar refractivity (Wildman–Crippen MR) is 77.1 cm³/mol. The Hall–Kier alpha value is -2.24. The average molecular weight is 305 g/mol. The van der Waals surface area contributed by atoms with Gasteiger partial charge in [0.1, 0.15) is 23.5 Å². The minimum Gasteiger partial charge on any atom is -0.345 e. The molecular weight excluding hydrogens is 288 g/mol. The molecule has 1 aromatic heterocycles.